The minimum absolute atomic E-state index is 0.0250. The van der Waals surface area contributed by atoms with Crippen LogP contribution >= 0.6 is 0 Å². The van der Waals surface area contributed by atoms with Crippen LogP contribution in [0, 0.1) is 22.0 Å². The smallest absolute Gasteiger partial charge is 0.279 e. The minimum Gasteiger partial charge on any atom is -0.497 e. The first-order valence-electron chi connectivity index (χ1n) is 11.7. The van der Waals surface area contributed by atoms with Crippen molar-refractivity contribution in [2.45, 2.75) is 37.5 Å². The SMILES string of the molecule is COc1cccc(C23CCN(CC4CC4)CC2Cc2c([nH]c4cccc([N+](=O)[O-])c24)C3)c1. The van der Waals surface area contributed by atoms with Crippen LogP contribution in [0.3, 0.4) is 0 Å². The van der Waals surface area contributed by atoms with Gasteiger partial charge in [-0.25, -0.2) is 0 Å². The molecule has 166 valence electrons. The second-order valence-corrected chi connectivity index (χ2v) is 9.96. The van der Waals surface area contributed by atoms with Gasteiger partial charge in [0.1, 0.15) is 5.75 Å². The van der Waals surface area contributed by atoms with Gasteiger partial charge in [0, 0.05) is 30.3 Å². The first-order valence-corrected chi connectivity index (χ1v) is 11.7. The molecule has 1 aliphatic heterocycles. The zero-order chi connectivity index (χ0) is 21.9. The number of hydrogen-bond acceptors (Lipinski definition) is 4. The second kappa shape index (κ2) is 7.34. The number of likely N-dealkylation sites (tertiary alicyclic amines) is 1. The van der Waals surface area contributed by atoms with Crippen LogP contribution in [0.15, 0.2) is 42.5 Å². The summed E-state index contributed by atoms with van der Waals surface area (Å²) < 4.78 is 5.57. The van der Waals surface area contributed by atoms with Gasteiger partial charge in [-0.3, -0.25) is 10.1 Å². The number of nitrogens with one attached hydrogen (secondary N) is 1. The fourth-order valence-corrected chi connectivity index (χ4v) is 6.32. The number of non-ortho nitro benzene ring substituents is 1. The Bertz CT molecular complexity index is 1200. The number of ether oxygens (including phenoxy) is 1. The van der Waals surface area contributed by atoms with Gasteiger partial charge in [0.2, 0.25) is 0 Å². The fourth-order valence-electron chi connectivity index (χ4n) is 6.32. The molecule has 3 aromatic rings. The average Bonchev–Trinajstić information content (AvgIpc) is 3.55. The highest BCUT2D eigenvalue weighted by Gasteiger charge is 2.49. The Balaban J connectivity index is 1.47. The molecule has 6 rings (SSSR count). The lowest BCUT2D eigenvalue weighted by Crippen LogP contribution is -2.54. The Morgan fingerprint density at radius 2 is 2.09 bits per heavy atom. The summed E-state index contributed by atoms with van der Waals surface area (Å²) in [5.41, 5.74) is 4.80. The van der Waals surface area contributed by atoms with Gasteiger partial charge in [-0.15, -0.1) is 0 Å². The number of benzene rings is 2. The van der Waals surface area contributed by atoms with Crippen LogP contribution in [0.2, 0.25) is 0 Å². The molecule has 2 unspecified atom stereocenters. The number of hydrogen-bond donors (Lipinski definition) is 1. The van der Waals surface area contributed by atoms with E-state index in [-0.39, 0.29) is 16.0 Å². The van der Waals surface area contributed by atoms with E-state index < -0.39 is 0 Å². The largest absolute Gasteiger partial charge is 0.497 e. The van der Waals surface area contributed by atoms with Crippen LogP contribution in [0.25, 0.3) is 10.9 Å². The average molecular weight is 432 g/mol. The zero-order valence-electron chi connectivity index (χ0n) is 18.5. The molecule has 0 spiro atoms. The van der Waals surface area contributed by atoms with E-state index >= 15 is 0 Å². The summed E-state index contributed by atoms with van der Waals surface area (Å²) in [4.78, 5) is 17.8. The lowest BCUT2D eigenvalue weighted by Gasteiger charge is -2.51. The molecule has 1 N–H and O–H groups in total. The van der Waals surface area contributed by atoms with E-state index in [2.05, 4.69) is 28.1 Å². The van der Waals surface area contributed by atoms with Crippen molar-refractivity contribution in [3.8, 4) is 5.75 Å². The quantitative estimate of drug-likeness (QED) is 0.463. The Labute approximate surface area is 187 Å². The van der Waals surface area contributed by atoms with E-state index in [9.17, 15) is 10.1 Å². The maximum atomic E-state index is 11.8. The molecule has 0 radical (unpaired) electrons. The number of aromatic nitrogens is 1. The summed E-state index contributed by atoms with van der Waals surface area (Å²) in [6, 6.07) is 14.0. The highest BCUT2D eigenvalue weighted by atomic mass is 16.6. The summed E-state index contributed by atoms with van der Waals surface area (Å²) in [6.07, 6.45) is 5.60. The van der Waals surface area contributed by atoms with Crippen molar-refractivity contribution in [2.24, 2.45) is 11.8 Å². The van der Waals surface area contributed by atoms with Crippen molar-refractivity contribution in [3.63, 3.8) is 0 Å². The third kappa shape index (κ3) is 3.12. The maximum absolute atomic E-state index is 11.8. The highest BCUT2D eigenvalue weighted by molar-refractivity contribution is 5.93. The Morgan fingerprint density at radius 1 is 1.25 bits per heavy atom. The van der Waals surface area contributed by atoms with Gasteiger partial charge in [0.25, 0.3) is 5.69 Å². The molecule has 2 heterocycles. The number of nitrogens with zero attached hydrogens (tertiary/aromatic N) is 2. The molecular weight excluding hydrogens is 402 g/mol. The molecule has 1 aromatic heterocycles. The van der Waals surface area contributed by atoms with Crippen LogP contribution in [-0.2, 0) is 18.3 Å². The number of H-pyrrole nitrogens is 1. The van der Waals surface area contributed by atoms with Gasteiger partial charge >= 0.3 is 0 Å². The normalized spacial score (nSPS) is 25.3. The molecule has 32 heavy (non-hydrogen) atoms. The Hall–Kier alpha value is -2.86. The predicted molar refractivity (Wildman–Crippen MR) is 124 cm³/mol. The zero-order valence-corrected chi connectivity index (χ0v) is 18.5. The molecular formula is C26H29N3O3. The molecule has 6 nitrogen and oxygen atoms in total. The molecule has 2 aliphatic carbocycles. The lowest BCUT2D eigenvalue weighted by molar-refractivity contribution is -0.383. The molecule has 0 bridgehead atoms. The first kappa shape index (κ1) is 19.8. The van der Waals surface area contributed by atoms with Crippen LogP contribution in [-0.4, -0.2) is 41.6 Å². The van der Waals surface area contributed by atoms with Crippen LogP contribution in [0.4, 0.5) is 5.69 Å². The maximum Gasteiger partial charge on any atom is 0.279 e. The molecule has 2 atom stereocenters. The summed E-state index contributed by atoms with van der Waals surface area (Å²) in [7, 11) is 1.72. The summed E-state index contributed by atoms with van der Waals surface area (Å²) in [5.74, 6) is 2.19. The van der Waals surface area contributed by atoms with E-state index in [4.69, 9.17) is 4.74 Å². The summed E-state index contributed by atoms with van der Waals surface area (Å²) in [5, 5.41) is 12.6. The van der Waals surface area contributed by atoms with Crippen molar-refractivity contribution in [1.82, 2.24) is 9.88 Å². The van der Waals surface area contributed by atoms with Crippen molar-refractivity contribution in [1.29, 1.82) is 0 Å². The lowest BCUT2D eigenvalue weighted by atomic mass is 9.58. The minimum atomic E-state index is -0.235. The molecule has 3 aliphatic rings. The number of fused-ring (bicyclic) bond motifs is 4. The fraction of sp³-hybridized carbons (Fsp3) is 0.462. The monoisotopic (exact) mass is 431 g/mol. The van der Waals surface area contributed by atoms with Crippen molar-refractivity contribution in [2.75, 3.05) is 26.7 Å². The topological polar surface area (TPSA) is 71.4 Å². The Kier molecular flexibility index (Phi) is 4.54. The second-order valence-electron chi connectivity index (χ2n) is 9.96. The van der Waals surface area contributed by atoms with E-state index in [0.29, 0.717) is 5.92 Å². The number of piperidine rings is 1. The van der Waals surface area contributed by atoms with Gasteiger partial charge in [-0.1, -0.05) is 18.2 Å². The van der Waals surface area contributed by atoms with Crippen LogP contribution in [0.5, 0.6) is 5.75 Å². The Morgan fingerprint density at radius 3 is 2.88 bits per heavy atom. The van der Waals surface area contributed by atoms with E-state index in [1.54, 1.807) is 19.2 Å². The van der Waals surface area contributed by atoms with E-state index in [0.717, 1.165) is 60.5 Å². The standard InChI is InChI=1S/C26H29N3O3/c1-32-20-5-2-4-18(12-20)26-10-11-28(15-17-8-9-17)16-19(26)13-21-23(14-26)27-22-6-3-7-24(25(21)22)29(30)31/h2-7,12,17,19,27H,8-11,13-16H2,1H3. The van der Waals surface area contributed by atoms with Gasteiger partial charge in [-0.05, 0) is 79.8 Å². The molecule has 2 fully saturated rings. The van der Waals surface area contributed by atoms with Gasteiger partial charge < -0.3 is 14.6 Å². The number of nitro groups is 1. The number of nitro benzene ring substituents is 1. The molecule has 1 saturated carbocycles. The summed E-state index contributed by atoms with van der Waals surface area (Å²) >= 11 is 0. The van der Waals surface area contributed by atoms with Crippen molar-refractivity contribution >= 4 is 16.6 Å². The van der Waals surface area contributed by atoms with Crippen molar-refractivity contribution in [3.05, 3.63) is 69.4 Å². The third-order valence-corrected chi connectivity index (χ3v) is 8.13. The van der Waals surface area contributed by atoms with Gasteiger partial charge in [0.05, 0.1) is 22.9 Å². The van der Waals surface area contributed by atoms with Gasteiger partial charge in [0.15, 0.2) is 0 Å². The number of rotatable bonds is 5. The molecule has 2 aromatic carbocycles. The van der Waals surface area contributed by atoms with Crippen LogP contribution < -0.4 is 4.74 Å². The first-order chi connectivity index (χ1) is 15.6. The summed E-state index contributed by atoms with van der Waals surface area (Å²) in [6.45, 7) is 3.37. The van der Waals surface area contributed by atoms with Crippen molar-refractivity contribution < 1.29 is 9.66 Å². The molecule has 6 heteroatoms. The van der Waals surface area contributed by atoms with E-state index in [1.165, 1.54) is 30.6 Å². The molecule has 0 amide bonds. The third-order valence-electron chi connectivity index (χ3n) is 8.13. The van der Waals surface area contributed by atoms with E-state index in [1.807, 2.05) is 12.1 Å². The number of methoxy groups -OCH3 is 1. The van der Waals surface area contributed by atoms with Crippen LogP contribution in [0.1, 0.15) is 36.1 Å². The number of aromatic amines is 1. The van der Waals surface area contributed by atoms with Gasteiger partial charge in [-0.2, -0.15) is 0 Å². The highest BCUT2D eigenvalue weighted by Crippen LogP contribution is 2.50. The molecule has 1 saturated heterocycles. The predicted octanol–water partition coefficient (Wildman–Crippen LogP) is 4.85.